The molecule has 2 rings (SSSR count). The first-order valence-electron chi connectivity index (χ1n) is 7.53. The second kappa shape index (κ2) is 7.54. The number of piperazine rings is 1. The van der Waals surface area contributed by atoms with Crippen molar-refractivity contribution in [1.29, 1.82) is 0 Å². The quantitative estimate of drug-likeness (QED) is 0.693. The number of hydrogen-bond donors (Lipinski definition) is 3. The van der Waals surface area contributed by atoms with E-state index in [2.05, 4.69) is 21.8 Å². The Morgan fingerprint density at radius 3 is 2.81 bits per heavy atom. The molecule has 1 aromatic heterocycles. The topological polar surface area (TPSA) is 68.6 Å². The molecule has 1 aromatic rings. The van der Waals surface area contributed by atoms with Crippen LogP contribution in [0.2, 0.25) is 0 Å². The fraction of sp³-hybridized carbons (Fsp3) is 0.562. The molecule has 3 N–H and O–H groups in total. The van der Waals surface area contributed by atoms with Gasteiger partial charge in [-0.15, -0.1) is 6.58 Å². The summed E-state index contributed by atoms with van der Waals surface area (Å²) in [6.45, 7) is 9.26. The van der Waals surface area contributed by atoms with E-state index in [-0.39, 0.29) is 18.4 Å². The summed E-state index contributed by atoms with van der Waals surface area (Å²) in [6.07, 6.45) is 5.33. The van der Waals surface area contributed by atoms with Crippen LogP contribution in [0.5, 0.6) is 5.75 Å². The Kier molecular flexibility index (Phi) is 5.73. The van der Waals surface area contributed by atoms with Crippen LogP contribution in [-0.2, 0) is 6.61 Å². The Bertz CT molecular complexity index is 485. The molecule has 0 unspecified atom stereocenters. The predicted molar refractivity (Wildman–Crippen MR) is 83.2 cm³/mol. The first-order chi connectivity index (χ1) is 10.2. The lowest BCUT2D eigenvalue weighted by Gasteiger charge is -2.36. The summed E-state index contributed by atoms with van der Waals surface area (Å²) in [7, 11) is 0. The number of pyridine rings is 1. The second-order valence-corrected chi connectivity index (χ2v) is 5.46. The van der Waals surface area contributed by atoms with Gasteiger partial charge < -0.3 is 15.5 Å². The van der Waals surface area contributed by atoms with Gasteiger partial charge in [-0.05, 0) is 19.8 Å². The van der Waals surface area contributed by atoms with Gasteiger partial charge in [0.05, 0.1) is 12.3 Å². The van der Waals surface area contributed by atoms with E-state index in [4.69, 9.17) is 0 Å². The molecule has 0 aliphatic carbocycles. The van der Waals surface area contributed by atoms with Gasteiger partial charge in [0.2, 0.25) is 0 Å². The summed E-state index contributed by atoms with van der Waals surface area (Å²) in [5.41, 5.74) is 2.15. The van der Waals surface area contributed by atoms with Gasteiger partial charge in [0.1, 0.15) is 5.75 Å². The minimum atomic E-state index is -0.104. The summed E-state index contributed by atoms with van der Waals surface area (Å²) in [5, 5.41) is 23.4. The van der Waals surface area contributed by atoms with Crippen molar-refractivity contribution in [2.24, 2.45) is 0 Å². The lowest BCUT2D eigenvalue weighted by Crippen LogP contribution is -2.45. The van der Waals surface area contributed by atoms with E-state index in [0.717, 1.165) is 44.6 Å². The number of aliphatic hydroxyl groups excluding tert-OH is 1. The highest BCUT2D eigenvalue weighted by Crippen LogP contribution is 2.36. The zero-order valence-electron chi connectivity index (χ0n) is 12.7. The smallest absolute Gasteiger partial charge is 0.141 e. The van der Waals surface area contributed by atoms with Gasteiger partial charge >= 0.3 is 0 Å². The predicted octanol–water partition coefficient (Wildman–Crippen LogP) is 1.50. The van der Waals surface area contributed by atoms with E-state index in [1.807, 2.05) is 6.08 Å². The number of aromatic hydroxyl groups is 1. The van der Waals surface area contributed by atoms with Crippen LogP contribution in [0.1, 0.15) is 35.7 Å². The van der Waals surface area contributed by atoms with Crippen LogP contribution in [0.25, 0.3) is 0 Å². The van der Waals surface area contributed by atoms with Crippen LogP contribution in [0, 0.1) is 6.92 Å². The number of rotatable bonds is 6. The van der Waals surface area contributed by atoms with Crippen LogP contribution in [0.15, 0.2) is 18.9 Å². The Morgan fingerprint density at radius 2 is 2.19 bits per heavy atom. The zero-order chi connectivity index (χ0) is 15.2. The lowest BCUT2D eigenvalue weighted by atomic mass is 9.94. The van der Waals surface area contributed by atoms with E-state index >= 15 is 0 Å². The highest BCUT2D eigenvalue weighted by Gasteiger charge is 2.27. The Morgan fingerprint density at radius 1 is 1.48 bits per heavy atom. The number of nitrogens with zero attached hydrogens (tertiary/aromatic N) is 2. The summed E-state index contributed by atoms with van der Waals surface area (Å²) in [6, 6.07) is 0.0916. The zero-order valence-corrected chi connectivity index (χ0v) is 12.7. The molecule has 1 saturated heterocycles. The van der Waals surface area contributed by atoms with Crippen molar-refractivity contribution in [3.63, 3.8) is 0 Å². The molecule has 5 nitrogen and oxygen atoms in total. The largest absolute Gasteiger partial charge is 0.506 e. The highest BCUT2D eigenvalue weighted by atomic mass is 16.3. The van der Waals surface area contributed by atoms with Crippen LogP contribution >= 0.6 is 0 Å². The van der Waals surface area contributed by atoms with Crippen LogP contribution in [0.4, 0.5) is 0 Å². The SMILES string of the molecule is C=CCC[C@@H](c1c(CO)cnc(C)c1O)N1CCNCC1. The summed E-state index contributed by atoms with van der Waals surface area (Å²) in [5.74, 6) is 0.217. The third-order valence-corrected chi connectivity index (χ3v) is 4.10. The van der Waals surface area contributed by atoms with Gasteiger partial charge in [-0.3, -0.25) is 9.88 Å². The standard InChI is InChI=1S/C16H25N3O2/c1-3-4-5-14(19-8-6-17-7-9-19)15-13(11-20)10-18-12(2)16(15)21/h3,10,14,17,20-21H,1,4-9,11H2,2H3/t14-/m0/s1. The minimum absolute atomic E-state index is 0.0916. The molecule has 0 saturated carbocycles. The summed E-state index contributed by atoms with van der Waals surface area (Å²) >= 11 is 0. The Labute approximate surface area is 126 Å². The average molecular weight is 291 g/mol. The number of allylic oxidation sites excluding steroid dienone is 1. The Hall–Kier alpha value is -1.43. The van der Waals surface area contributed by atoms with E-state index in [1.165, 1.54) is 0 Å². The molecule has 21 heavy (non-hydrogen) atoms. The van der Waals surface area contributed by atoms with E-state index in [1.54, 1.807) is 13.1 Å². The second-order valence-electron chi connectivity index (χ2n) is 5.46. The van der Waals surface area contributed by atoms with Gasteiger partial charge in [0.15, 0.2) is 0 Å². The van der Waals surface area contributed by atoms with Crippen molar-refractivity contribution in [3.8, 4) is 5.75 Å². The number of hydrogen-bond acceptors (Lipinski definition) is 5. The van der Waals surface area contributed by atoms with Crippen molar-refractivity contribution < 1.29 is 10.2 Å². The van der Waals surface area contributed by atoms with Gasteiger partial charge in [0.25, 0.3) is 0 Å². The van der Waals surface area contributed by atoms with Crippen molar-refractivity contribution in [2.45, 2.75) is 32.4 Å². The maximum atomic E-state index is 10.5. The lowest BCUT2D eigenvalue weighted by molar-refractivity contribution is 0.160. The molecular weight excluding hydrogens is 266 g/mol. The van der Waals surface area contributed by atoms with E-state index in [9.17, 15) is 10.2 Å². The van der Waals surface area contributed by atoms with Crippen LogP contribution < -0.4 is 5.32 Å². The van der Waals surface area contributed by atoms with E-state index in [0.29, 0.717) is 11.3 Å². The van der Waals surface area contributed by atoms with Gasteiger partial charge in [-0.25, -0.2) is 0 Å². The molecule has 1 aliphatic heterocycles. The first-order valence-corrected chi connectivity index (χ1v) is 7.53. The first kappa shape index (κ1) is 15.9. The molecule has 0 bridgehead atoms. The molecule has 0 radical (unpaired) electrons. The molecule has 1 aliphatic rings. The van der Waals surface area contributed by atoms with Crippen LogP contribution in [0.3, 0.4) is 0 Å². The molecule has 2 heterocycles. The number of nitrogens with one attached hydrogen (secondary N) is 1. The maximum absolute atomic E-state index is 10.5. The number of aryl methyl sites for hydroxylation is 1. The van der Waals surface area contributed by atoms with Crippen molar-refractivity contribution in [1.82, 2.24) is 15.2 Å². The van der Waals surface area contributed by atoms with Crippen molar-refractivity contribution in [3.05, 3.63) is 35.7 Å². The average Bonchev–Trinajstić information content (AvgIpc) is 2.52. The number of aliphatic hydroxyl groups is 1. The third-order valence-electron chi connectivity index (χ3n) is 4.10. The monoisotopic (exact) mass is 291 g/mol. The van der Waals surface area contributed by atoms with Gasteiger partial charge in [-0.2, -0.15) is 0 Å². The summed E-state index contributed by atoms with van der Waals surface area (Å²) in [4.78, 5) is 6.53. The highest BCUT2D eigenvalue weighted by molar-refractivity contribution is 5.43. The molecule has 1 atom stereocenters. The Balaban J connectivity index is 2.39. The minimum Gasteiger partial charge on any atom is -0.506 e. The molecule has 5 heteroatoms. The van der Waals surface area contributed by atoms with Crippen molar-refractivity contribution in [2.75, 3.05) is 26.2 Å². The fourth-order valence-electron chi connectivity index (χ4n) is 2.93. The fourth-order valence-corrected chi connectivity index (χ4v) is 2.93. The molecule has 1 fully saturated rings. The maximum Gasteiger partial charge on any atom is 0.141 e. The van der Waals surface area contributed by atoms with E-state index < -0.39 is 0 Å². The molecule has 116 valence electrons. The van der Waals surface area contributed by atoms with Gasteiger partial charge in [0, 0.05) is 49.5 Å². The number of aromatic nitrogens is 1. The molecule has 0 spiro atoms. The summed E-state index contributed by atoms with van der Waals surface area (Å²) < 4.78 is 0. The van der Waals surface area contributed by atoms with Gasteiger partial charge in [-0.1, -0.05) is 6.08 Å². The molecular formula is C16H25N3O2. The molecule has 0 aromatic carbocycles. The third kappa shape index (κ3) is 3.61. The molecule has 0 amide bonds. The normalized spacial score (nSPS) is 17.6. The van der Waals surface area contributed by atoms with Crippen LogP contribution in [-0.4, -0.2) is 46.3 Å². The van der Waals surface area contributed by atoms with Crippen molar-refractivity contribution >= 4 is 0 Å².